The predicted octanol–water partition coefficient (Wildman–Crippen LogP) is 3.51. The summed E-state index contributed by atoms with van der Waals surface area (Å²) >= 11 is 0. The largest absolute Gasteiger partial charge is 0.496 e. The lowest BCUT2D eigenvalue weighted by molar-refractivity contribution is 0.0696. The lowest BCUT2D eigenvalue weighted by Crippen LogP contribution is -1.98. The molecule has 0 aliphatic rings. The zero-order valence-corrected chi connectivity index (χ0v) is 10.6. The molecule has 0 heterocycles. The second kappa shape index (κ2) is 5.10. The van der Waals surface area contributed by atoms with Gasteiger partial charge in [0.2, 0.25) is 0 Å². The molecular weight excluding hydrogens is 247 g/mol. The average Bonchev–Trinajstić information content (AvgIpc) is 2.41. The molecule has 4 heteroatoms. The van der Waals surface area contributed by atoms with Gasteiger partial charge in [-0.3, -0.25) is 0 Å². The van der Waals surface area contributed by atoms with E-state index in [4.69, 9.17) is 9.84 Å². The number of halogens is 1. The molecule has 2 aromatic carbocycles. The number of ether oxygens (including phenoxy) is 1. The van der Waals surface area contributed by atoms with Crippen molar-refractivity contribution in [2.45, 2.75) is 6.92 Å². The van der Waals surface area contributed by atoms with Crippen LogP contribution in [0.3, 0.4) is 0 Å². The summed E-state index contributed by atoms with van der Waals surface area (Å²) < 4.78 is 18.5. The highest BCUT2D eigenvalue weighted by atomic mass is 19.1. The van der Waals surface area contributed by atoms with Crippen molar-refractivity contribution in [2.24, 2.45) is 0 Å². The van der Waals surface area contributed by atoms with E-state index in [-0.39, 0.29) is 11.4 Å². The summed E-state index contributed by atoms with van der Waals surface area (Å²) in [7, 11) is 1.47. The van der Waals surface area contributed by atoms with Gasteiger partial charge in [0.25, 0.3) is 0 Å². The molecule has 2 aromatic rings. The van der Waals surface area contributed by atoms with E-state index in [0.29, 0.717) is 11.3 Å². The second-order valence-electron chi connectivity index (χ2n) is 4.18. The average molecular weight is 260 g/mol. The van der Waals surface area contributed by atoms with Crippen molar-refractivity contribution < 1.29 is 19.0 Å². The third-order valence-electron chi connectivity index (χ3n) is 2.92. The Hall–Kier alpha value is -2.36. The summed E-state index contributed by atoms with van der Waals surface area (Å²) in [6, 6.07) is 9.34. The van der Waals surface area contributed by atoms with E-state index in [1.54, 1.807) is 25.1 Å². The highest BCUT2D eigenvalue weighted by Crippen LogP contribution is 2.31. The van der Waals surface area contributed by atoms with Crippen LogP contribution < -0.4 is 4.74 Å². The number of carboxylic acid groups (broad SMARTS) is 1. The van der Waals surface area contributed by atoms with E-state index >= 15 is 0 Å². The number of hydrogen-bond donors (Lipinski definition) is 1. The summed E-state index contributed by atoms with van der Waals surface area (Å²) in [6.07, 6.45) is 0. The van der Waals surface area contributed by atoms with Crippen molar-refractivity contribution in [3.63, 3.8) is 0 Å². The minimum atomic E-state index is -1.01. The Bertz CT molecular complexity index is 635. The van der Waals surface area contributed by atoms with Crippen LogP contribution in [0.5, 0.6) is 5.75 Å². The highest BCUT2D eigenvalue weighted by Gasteiger charge is 2.11. The molecule has 19 heavy (non-hydrogen) atoms. The van der Waals surface area contributed by atoms with E-state index < -0.39 is 5.97 Å². The molecule has 0 aromatic heterocycles. The van der Waals surface area contributed by atoms with Gasteiger partial charge in [-0.05, 0) is 48.4 Å². The van der Waals surface area contributed by atoms with E-state index in [2.05, 4.69) is 0 Å². The quantitative estimate of drug-likeness (QED) is 0.918. The van der Waals surface area contributed by atoms with Crippen LogP contribution in [-0.4, -0.2) is 18.2 Å². The lowest BCUT2D eigenvalue weighted by Gasteiger charge is -2.10. The molecule has 0 aliphatic carbocycles. The van der Waals surface area contributed by atoms with Gasteiger partial charge in [-0.25, -0.2) is 9.18 Å². The minimum Gasteiger partial charge on any atom is -0.496 e. The summed E-state index contributed by atoms with van der Waals surface area (Å²) in [4.78, 5) is 10.9. The third kappa shape index (κ3) is 2.57. The number of hydrogen-bond acceptors (Lipinski definition) is 2. The molecule has 0 aliphatic heterocycles. The number of methoxy groups -OCH3 is 1. The van der Waals surface area contributed by atoms with E-state index in [0.717, 1.165) is 11.1 Å². The first-order chi connectivity index (χ1) is 9.02. The second-order valence-corrected chi connectivity index (χ2v) is 4.18. The van der Waals surface area contributed by atoms with Crippen LogP contribution >= 0.6 is 0 Å². The van der Waals surface area contributed by atoms with Gasteiger partial charge < -0.3 is 9.84 Å². The molecule has 0 amide bonds. The molecular formula is C15H13FO3. The highest BCUT2D eigenvalue weighted by molar-refractivity contribution is 5.89. The summed E-state index contributed by atoms with van der Waals surface area (Å²) in [5.41, 5.74) is 2.20. The Morgan fingerprint density at radius 3 is 2.53 bits per heavy atom. The Morgan fingerprint density at radius 2 is 1.95 bits per heavy atom. The first-order valence-electron chi connectivity index (χ1n) is 5.71. The van der Waals surface area contributed by atoms with Crippen LogP contribution in [0.1, 0.15) is 15.9 Å². The smallest absolute Gasteiger partial charge is 0.335 e. The van der Waals surface area contributed by atoms with Gasteiger partial charge in [-0.2, -0.15) is 0 Å². The first kappa shape index (κ1) is 13.1. The molecule has 1 N–H and O–H groups in total. The standard InChI is InChI=1S/C15H13FO3/c1-9-7-10(4-6-13(9)16)12-5-3-11(15(17)18)8-14(12)19-2/h3-8H,1-2H3,(H,17,18). The number of rotatable bonds is 3. The van der Waals surface area contributed by atoms with E-state index in [1.807, 2.05) is 0 Å². The van der Waals surface area contributed by atoms with Crippen molar-refractivity contribution in [1.82, 2.24) is 0 Å². The van der Waals surface area contributed by atoms with Crippen LogP contribution in [0.4, 0.5) is 4.39 Å². The maximum absolute atomic E-state index is 13.3. The van der Waals surface area contributed by atoms with Crippen LogP contribution in [0, 0.1) is 12.7 Å². The monoisotopic (exact) mass is 260 g/mol. The van der Waals surface area contributed by atoms with Gasteiger partial charge in [-0.1, -0.05) is 6.07 Å². The number of aromatic carboxylic acids is 1. The molecule has 0 saturated carbocycles. The molecule has 0 unspecified atom stereocenters. The van der Waals surface area contributed by atoms with Crippen molar-refractivity contribution in [3.05, 3.63) is 53.3 Å². The van der Waals surface area contributed by atoms with Crippen LogP contribution in [0.25, 0.3) is 11.1 Å². The fourth-order valence-electron chi connectivity index (χ4n) is 1.87. The number of benzene rings is 2. The summed E-state index contributed by atoms with van der Waals surface area (Å²) in [6.45, 7) is 1.68. The van der Waals surface area contributed by atoms with E-state index in [9.17, 15) is 9.18 Å². The molecule has 0 fully saturated rings. The van der Waals surface area contributed by atoms with Gasteiger partial charge in [-0.15, -0.1) is 0 Å². The maximum atomic E-state index is 13.3. The fourth-order valence-corrected chi connectivity index (χ4v) is 1.87. The zero-order valence-electron chi connectivity index (χ0n) is 10.6. The Kier molecular flexibility index (Phi) is 3.51. The van der Waals surface area contributed by atoms with Gasteiger partial charge >= 0.3 is 5.97 Å². The van der Waals surface area contributed by atoms with Gasteiger partial charge in [0.15, 0.2) is 0 Å². The number of carbonyl (C=O) groups is 1. The predicted molar refractivity (Wildman–Crippen MR) is 70.1 cm³/mol. The van der Waals surface area contributed by atoms with Gasteiger partial charge in [0.05, 0.1) is 12.7 Å². The van der Waals surface area contributed by atoms with Crippen LogP contribution in [0.15, 0.2) is 36.4 Å². The van der Waals surface area contributed by atoms with Gasteiger partial charge in [0, 0.05) is 5.56 Å². The molecule has 98 valence electrons. The Labute approximate surface area is 110 Å². The Morgan fingerprint density at radius 1 is 1.21 bits per heavy atom. The summed E-state index contributed by atoms with van der Waals surface area (Å²) in [5, 5.41) is 8.94. The SMILES string of the molecule is COc1cc(C(=O)O)ccc1-c1ccc(F)c(C)c1. The van der Waals surface area contributed by atoms with Crippen LogP contribution in [-0.2, 0) is 0 Å². The molecule has 0 spiro atoms. The molecule has 2 rings (SSSR count). The van der Waals surface area contributed by atoms with Gasteiger partial charge in [0.1, 0.15) is 11.6 Å². The van der Waals surface area contributed by atoms with Crippen molar-refractivity contribution in [2.75, 3.05) is 7.11 Å². The van der Waals surface area contributed by atoms with Crippen LogP contribution in [0.2, 0.25) is 0 Å². The molecule has 0 bridgehead atoms. The molecule has 3 nitrogen and oxygen atoms in total. The molecule has 0 atom stereocenters. The van der Waals surface area contributed by atoms with E-state index in [1.165, 1.54) is 25.3 Å². The molecule has 0 radical (unpaired) electrons. The van der Waals surface area contributed by atoms with Crippen molar-refractivity contribution >= 4 is 5.97 Å². The summed E-state index contributed by atoms with van der Waals surface area (Å²) in [5.74, 6) is -0.837. The number of aryl methyl sites for hydroxylation is 1. The minimum absolute atomic E-state index is 0.152. The topological polar surface area (TPSA) is 46.5 Å². The fraction of sp³-hybridized carbons (Fsp3) is 0.133. The third-order valence-corrected chi connectivity index (χ3v) is 2.92. The van der Waals surface area contributed by atoms with Crippen molar-refractivity contribution in [1.29, 1.82) is 0 Å². The lowest BCUT2D eigenvalue weighted by atomic mass is 10.0. The number of carboxylic acids is 1. The maximum Gasteiger partial charge on any atom is 0.335 e. The van der Waals surface area contributed by atoms with Crippen molar-refractivity contribution in [3.8, 4) is 16.9 Å². The Balaban J connectivity index is 2.55. The first-order valence-corrected chi connectivity index (χ1v) is 5.71. The zero-order chi connectivity index (χ0) is 14.0. The normalized spacial score (nSPS) is 10.3. The molecule has 0 saturated heterocycles.